The van der Waals surface area contributed by atoms with Gasteiger partial charge in [0.1, 0.15) is 0 Å². The van der Waals surface area contributed by atoms with Crippen LogP contribution >= 0.6 is 0 Å². The minimum Gasteiger partial charge on any atom is -0.481 e. The van der Waals surface area contributed by atoms with Gasteiger partial charge in [0, 0.05) is 5.56 Å². The number of carbonyl (C=O) groups excluding carboxylic acids is 1. The fourth-order valence-electron chi connectivity index (χ4n) is 1.79. The number of hydrogen-bond acceptors (Lipinski definition) is 2. The summed E-state index contributed by atoms with van der Waals surface area (Å²) >= 11 is 0. The van der Waals surface area contributed by atoms with Crippen LogP contribution in [0.2, 0.25) is 0 Å². The molecule has 0 bridgehead atoms. The van der Waals surface area contributed by atoms with E-state index in [-0.39, 0.29) is 12.2 Å². The van der Waals surface area contributed by atoms with Gasteiger partial charge in [0.25, 0.3) is 0 Å². The summed E-state index contributed by atoms with van der Waals surface area (Å²) < 4.78 is 0. The number of carboxylic acids is 1. The Morgan fingerprint density at radius 2 is 1.60 bits per heavy atom. The number of benzene rings is 2. The molecular weight excluding hydrogens is 252 g/mol. The molecule has 0 aliphatic rings. The van der Waals surface area contributed by atoms with E-state index in [4.69, 9.17) is 5.11 Å². The van der Waals surface area contributed by atoms with Crippen molar-refractivity contribution in [3.8, 4) is 0 Å². The van der Waals surface area contributed by atoms with Crippen molar-refractivity contribution in [1.82, 2.24) is 0 Å². The molecule has 100 valence electrons. The van der Waals surface area contributed by atoms with Crippen LogP contribution in [-0.2, 0) is 11.2 Å². The molecule has 0 spiro atoms. The normalized spacial score (nSPS) is 10.6. The van der Waals surface area contributed by atoms with Gasteiger partial charge in [-0.25, -0.2) is 0 Å². The first-order chi connectivity index (χ1) is 9.65. The largest absolute Gasteiger partial charge is 0.481 e. The smallest absolute Gasteiger partial charge is 0.307 e. The Bertz CT molecular complexity index is 625. The molecule has 20 heavy (non-hydrogen) atoms. The SMILES string of the molecule is O=C(O)Cc1ccc(C(=O)/C=C\c2ccccc2)cc1. The third-order valence-corrected chi connectivity index (χ3v) is 2.82. The lowest BCUT2D eigenvalue weighted by molar-refractivity contribution is -0.136. The van der Waals surface area contributed by atoms with Gasteiger partial charge in [0.05, 0.1) is 6.42 Å². The van der Waals surface area contributed by atoms with E-state index in [2.05, 4.69) is 0 Å². The van der Waals surface area contributed by atoms with E-state index >= 15 is 0 Å². The fourth-order valence-corrected chi connectivity index (χ4v) is 1.79. The van der Waals surface area contributed by atoms with E-state index in [1.165, 1.54) is 6.08 Å². The third kappa shape index (κ3) is 3.92. The zero-order valence-electron chi connectivity index (χ0n) is 10.8. The van der Waals surface area contributed by atoms with Gasteiger partial charge in [0.2, 0.25) is 0 Å². The molecule has 2 rings (SSSR count). The number of hydrogen-bond donors (Lipinski definition) is 1. The lowest BCUT2D eigenvalue weighted by Gasteiger charge is -1.99. The standard InChI is InChI=1S/C17H14O3/c18-16(11-8-13-4-2-1-3-5-13)15-9-6-14(7-10-15)12-17(19)20/h1-11H,12H2,(H,19,20)/b11-8-. The summed E-state index contributed by atoms with van der Waals surface area (Å²) in [6.07, 6.45) is 3.24. The summed E-state index contributed by atoms with van der Waals surface area (Å²) in [5.74, 6) is -0.983. The van der Waals surface area contributed by atoms with Gasteiger partial charge < -0.3 is 5.11 Å². The summed E-state index contributed by atoms with van der Waals surface area (Å²) in [7, 11) is 0. The average Bonchev–Trinajstić information content (AvgIpc) is 2.46. The second kappa shape index (κ2) is 6.48. The van der Waals surface area contributed by atoms with Crippen LogP contribution in [0.5, 0.6) is 0 Å². The Morgan fingerprint density at radius 3 is 2.20 bits per heavy atom. The lowest BCUT2D eigenvalue weighted by atomic mass is 10.1. The van der Waals surface area contributed by atoms with Gasteiger partial charge in [-0.15, -0.1) is 0 Å². The highest BCUT2D eigenvalue weighted by molar-refractivity contribution is 6.06. The van der Waals surface area contributed by atoms with Crippen molar-refractivity contribution in [2.24, 2.45) is 0 Å². The monoisotopic (exact) mass is 266 g/mol. The molecule has 0 fully saturated rings. The van der Waals surface area contributed by atoms with Crippen molar-refractivity contribution in [1.29, 1.82) is 0 Å². The maximum Gasteiger partial charge on any atom is 0.307 e. The van der Waals surface area contributed by atoms with E-state index in [1.807, 2.05) is 30.3 Å². The van der Waals surface area contributed by atoms with Crippen LogP contribution in [0, 0.1) is 0 Å². The fraction of sp³-hybridized carbons (Fsp3) is 0.0588. The molecule has 3 heteroatoms. The second-order valence-corrected chi connectivity index (χ2v) is 4.38. The van der Waals surface area contributed by atoms with E-state index in [1.54, 1.807) is 30.3 Å². The van der Waals surface area contributed by atoms with E-state index < -0.39 is 5.97 Å². The van der Waals surface area contributed by atoms with Crippen molar-refractivity contribution in [3.63, 3.8) is 0 Å². The van der Waals surface area contributed by atoms with Crippen molar-refractivity contribution >= 4 is 17.8 Å². The predicted octanol–water partition coefficient (Wildman–Crippen LogP) is 3.21. The maximum absolute atomic E-state index is 11.9. The van der Waals surface area contributed by atoms with Crippen LogP contribution in [0.3, 0.4) is 0 Å². The summed E-state index contributed by atoms with van der Waals surface area (Å²) in [5, 5.41) is 8.68. The molecule has 0 unspecified atom stereocenters. The minimum atomic E-state index is -0.881. The van der Waals surface area contributed by atoms with E-state index in [0.29, 0.717) is 11.1 Å². The summed E-state index contributed by atoms with van der Waals surface area (Å²) in [5.41, 5.74) is 2.19. The molecule has 0 saturated heterocycles. The van der Waals surface area contributed by atoms with E-state index in [0.717, 1.165) is 5.56 Å². The highest BCUT2D eigenvalue weighted by Gasteiger charge is 2.04. The number of aliphatic carboxylic acids is 1. The molecular formula is C17H14O3. The number of ketones is 1. The number of carboxylic acid groups (broad SMARTS) is 1. The first-order valence-corrected chi connectivity index (χ1v) is 6.23. The highest BCUT2D eigenvalue weighted by Crippen LogP contribution is 2.08. The summed E-state index contributed by atoms with van der Waals surface area (Å²) in [6, 6.07) is 16.2. The third-order valence-electron chi connectivity index (χ3n) is 2.82. The van der Waals surface area contributed by atoms with Crippen LogP contribution in [0.25, 0.3) is 6.08 Å². The molecule has 0 aliphatic carbocycles. The van der Waals surface area contributed by atoms with Gasteiger partial charge in [0.15, 0.2) is 5.78 Å². The van der Waals surface area contributed by atoms with Crippen molar-refractivity contribution in [2.75, 3.05) is 0 Å². The minimum absolute atomic E-state index is 0.0334. The Kier molecular flexibility index (Phi) is 4.45. The van der Waals surface area contributed by atoms with Gasteiger partial charge in [-0.2, -0.15) is 0 Å². The molecule has 1 N–H and O–H groups in total. The zero-order chi connectivity index (χ0) is 14.4. The second-order valence-electron chi connectivity index (χ2n) is 4.38. The number of allylic oxidation sites excluding steroid dienone is 1. The molecule has 2 aromatic carbocycles. The molecule has 0 aliphatic heterocycles. The molecule has 0 aromatic heterocycles. The first kappa shape index (κ1) is 13.7. The van der Waals surface area contributed by atoms with E-state index in [9.17, 15) is 9.59 Å². The number of carbonyl (C=O) groups is 2. The summed E-state index contributed by atoms with van der Waals surface area (Å²) in [4.78, 5) is 22.5. The quantitative estimate of drug-likeness (QED) is 0.668. The Labute approximate surface area is 117 Å². The van der Waals surface area contributed by atoms with Gasteiger partial charge >= 0.3 is 5.97 Å². The Balaban J connectivity index is 2.06. The van der Waals surface area contributed by atoms with Crippen molar-refractivity contribution in [2.45, 2.75) is 6.42 Å². The molecule has 0 atom stereocenters. The molecule has 0 radical (unpaired) electrons. The Morgan fingerprint density at radius 1 is 0.950 bits per heavy atom. The molecule has 0 heterocycles. The van der Waals surface area contributed by atoms with Gasteiger partial charge in [-0.1, -0.05) is 60.7 Å². The van der Waals surface area contributed by atoms with Gasteiger partial charge in [-0.05, 0) is 17.2 Å². The first-order valence-electron chi connectivity index (χ1n) is 6.23. The topological polar surface area (TPSA) is 54.4 Å². The highest BCUT2D eigenvalue weighted by atomic mass is 16.4. The molecule has 3 nitrogen and oxygen atoms in total. The number of rotatable bonds is 5. The molecule has 0 amide bonds. The van der Waals surface area contributed by atoms with Crippen LogP contribution < -0.4 is 0 Å². The molecule has 0 saturated carbocycles. The maximum atomic E-state index is 11.9. The van der Waals surface area contributed by atoms with Crippen LogP contribution in [0.15, 0.2) is 60.7 Å². The van der Waals surface area contributed by atoms with Gasteiger partial charge in [-0.3, -0.25) is 9.59 Å². The predicted molar refractivity (Wildman–Crippen MR) is 77.6 cm³/mol. The van der Waals surface area contributed by atoms with Crippen LogP contribution in [0.1, 0.15) is 21.5 Å². The van der Waals surface area contributed by atoms with Crippen molar-refractivity contribution < 1.29 is 14.7 Å². The van der Waals surface area contributed by atoms with Crippen LogP contribution in [0.4, 0.5) is 0 Å². The van der Waals surface area contributed by atoms with Crippen molar-refractivity contribution in [3.05, 3.63) is 77.4 Å². The van der Waals surface area contributed by atoms with Crippen LogP contribution in [-0.4, -0.2) is 16.9 Å². The Hall–Kier alpha value is -2.68. The average molecular weight is 266 g/mol. The zero-order valence-corrected chi connectivity index (χ0v) is 10.8. The molecule has 2 aromatic rings. The lowest BCUT2D eigenvalue weighted by Crippen LogP contribution is -2.01. The summed E-state index contributed by atoms with van der Waals surface area (Å²) in [6.45, 7) is 0.